The van der Waals surface area contributed by atoms with Crippen LogP contribution in [-0.2, 0) is 12.0 Å². The summed E-state index contributed by atoms with van der Waals surface area (Å²) in [5.41, 5.74) is 1.11. The van der Waals surface area contributed by atoms with Gasteiger partial charge in [0.05, 0.1) is 13.2 Å². The molecule has 1 aromatic carbocycles. The molecule has 2 aromatic rings. The standard InChI is InChI=1S/C23H36N6O2/c1-6-24-22(26-16-20-27-21(31-28-20)23(2,3)4)25-15-19(29-13-7-8-14-29)17-9-11-18(30-5)12-10-17/h9-12,19H,6-8,13-16H2,1-5H3,(H2,24,25,26). The minimum absolute atomic E-state index is 0.168. The molecule has 2 heterocycles. The number of nitrogens with zero attached hydrogens (tertiary/aromatic N) is 4. The summed E-state index contributed by atoms with van der Waals surface area (Å²) >= 11 is 0. The third-order valence-electron chi connectivity index (χ3n) is 5.38. The lowest BCUT2D eigenvalue weighted by molar-refractivity contribution is 0.245. The Morgan fingerprint density at radius 3 is 2.48 bits per heavy atom. The molecule has 0 aliphatic carbocycles. The van der Waals surface area contributed by atoms with Crippen molar-refractivity contribution in [1.82, 2.24) is 25.7 Å². The molecule has 0 saturated carbocycles. The Hall–Kier alpha value is -2.61. The second kappa shape index (κ2) is 10.6. The summed E-state index contributed by atoms with van der Waals surface area (Å²) in [6, 6.07) is 8.64. The van der Waals surface area contributed by atoms with Gasteiger partial charge in [-0.05, 0) is 50.6 Å². The van der Waals surface area contributed by atoms with E-state index in [1.165, 1.54) is 18.4 Å². The number of hydrogen-bond acceptors (Lipinski definition) is 6. The highest BCUT2D eigenvalue weighted by atomic mass is 16.5. The van der Waals surface area contributed by atoms with Crippen molar-refractivity contribution in [3.05, 3.63) is 41.5 Å². The van der Waals surface area contributed by atoms with E-state index in [1.54, 1.807) is 7.11 Å². The van der Waals surface area contributed by atoms with Crippen LogP contribution in [0.15, 0.2) is 33.8 Å². The van der Waals surface area contributed by atoms with E-state index in [-0.39, 0.29) is 11.5 Å². The number of methoxy groups -OCH3 is 1. The molecule has 2 N–H and O–H groups in total. The van der Waals surface area contributed by atoms with Gasteiger partial charge in [-0.1, -0.05) is 38.1 Å². The number of aromatic nitrogens is 2. The largest absolute Gasteiger partial charge is 0.497 e. The lowest BCUT2D eigenvalue weighted by Crippen LogP contribution is -2.42. The summed E-state index contributed by atoms with van der Waals surface area (Å²) in [5.74, 6) is 2.85. The van der Waals surface area contributed by atoms with Crippen molar-refractivity contribution in [2.75, 3.05) is 33.3 Å². The van der Waals surface area contributed by atoms with Crippen LogP contribution in [0.2, 0.25) is 0 Å². The minimum Gasteiger partial charge on any atom is -0.497 e. The summed E-state index contributed by atoms with van der Waals surface area (Å²) in [6.07, 6.45) is 2.49. The molecule has 1 fully saturated rings. The first-order valence-electron chi connectivity index (χ1n) is 11.1. The van der Waals surface area contributed by atoms with Gasteiger partial charge in [-0.2, -0.15) is 4.98 Å². The van der Waals surface area contributed by atoms with E-state index in [0.717, 1.165) is 37.9 Å². The second-order valence-corrected chi connectivity index (χ2v) is 8.87. The molecule has 3 rings (SSSR count). The SMILES string of the molecule is CCNC(=NCc1noc(C(C)(C)C)n1)NCC(c1ccc(OC)cc1)N1CCCC1. The molecule has 170 valence electrons. The highest BCUT2D eigenvalue weighted by Gasteiger charge is 2.24. The predicted octanol–water partition coefficient (Wildman–Crippen LogP) is 3.27. The lowest BCUT2D eigenvalue weighted by Gasteiger charge is -2.29. The molecule has 0 radical (unpaired) electrons. The number of likely N-dealkylation sites (tertiary alicyclic amines) is 1. The smallest absolute Gasteiger partial charge is 0.232 e. The van der Waals surface area contributed by atoms with Crippen molar-refractivity contribution in [3.8, 4) is 5.75 Å². The molecule has 31 heavy (non-hydrogen) atoms. The number of hydrogen-bond donors (Lipinski definition) is 2. The maximum Gasteiger partial charge on any atom is 0.232 e. The Morgan fingerprint density at radius 1 is 1.19 bits per heavy atom. The van der Waals surface area contributed by atoms with Crippen LogP contribution in [0.1, 0.15) is 63.9 Å². The molecule has 8 nitrogen and oxygen atoms in total. The van der Waals surface area contributed by atoms with Gasteiger partial charge in [-0.15, -0.1) is 0 Å². The Labute approximate surface area is 185 Å². The first-order valence-corrected chi connectivity index (χ1v) is 11.1. The Kier molecular flexibility index (Phi) is 7.90. The van der Waals surface area contributed by atoms with Crippen LogP contribution in [0.3, 0.4) is 0 Å². The number of ether oxygens (including phenoxy) is 1. The van der Waals surface area contributed by atoms with Crippen LogP contribution in [0.4, 0.5) is 0 Å². The topological polar surface area (TPSA) is 87.8 Å². The van der Waals surface area contributed by atoms with E-state index < -0.39 is 0 Å². The van der Waals surface area contributed by atoms with Crippen molar-refractivity contribution in [2.24, 2.45) is 4.99 Å². The molecule has 1 atom stereocenters. The van der Waals surface area contributed by atoms with Gasteiger partial charge < -0.3 is 19.9 Å². The first kappa shape index (κ1) is 23.1. The average Bonchev–Trinajstić information content (AvgIpc) is 3.44. The molecule has 1 aliphatic rings. The van der Waals surface area contributed by atoms with Gasteiger partial charge in [-0.25, -0.2) is 4.99 Å². The highest BCUT2D eigenvalue weighted by molar-refractivity contribution is 5.79. The summed E-state index contributed by atoms with van der Waals surface area (Å²) in [4.78, 5) is 11.7. The Bertz CT molecular complexity index is 834. The Morgan fingerprint density at radius 2 is 1.90 bits per heavy atom. The van der Waals surface area contributed by atoms with E-state index in [4.69, 9.17) is 9.26 Å². The molecule has 1 aromatic heterocycles. The van der Waals surface area contributed by atoms with Gasteiger partial charge in [0.2, 0.25) is 5.89 Å². The van der Waals surface area contributed by atoms with Crippen molar-refractivity contribution < 1.29 is 9.26 Å². The third-order valence-corrected chi connectivity index (χ3v) is 5.38. The zero-order valence-corrected chi connectivity index (χ0v) is 19.4. The summed E-state index contributed by atoms with van der Waals surface area (Å²) < 4.78 is 10.7. The normalized spacial score (nSPS) is 16.4. The van der Waals surface area contributed by atoms with E-state index in [1.807, 2.05) is 12.1 Å². The average molecular weight is 429 g/mol. The quantitative estimate of drug-likeness (QED) is 0.493. The van der Waals surface area contributed by atoms with Gasteiger partial charge in [0, 0.05) is 18.5 Å². The summed E-state index contributed by atoms with van der Waals surface area (Å²) in [5, 5.41) is 10.9. The van der Waals surface area contributed by atoms with E-state index >= 15 is 0 Å². The fourth-order valence-corrected chi connectivity index (χ4v) is 3.64. The Balaban J connectivity index is 1.68. The molecule has 0 bridgehead atoms. The highest BCUT2D eigenvalue weighted by Crippen LogP contribution is 2.26. The molecule has 1 aliphatic heterocycles. The first-order chi connectivity index (χ1) is 14.9. The van der Waals surface area contributed by atoms with Gasteiger partial charge >= 0.3 is 0 Å². The molecule has 0 spiro atoms. The number of rotatable bonds is 8. The number of benzene rings is 1. The monoisotopic (exact) mass is 428 g/mol. The van der Waals surface area contributed by atoms with Crippen LogP contribution >= 0.6 is 0 Å². The van der Waals surface area contributed by atoms with Gasteiger partial charge in [-0.3, -0.25) is 4.90 Å². The van der Waals surface area contributed by atoms with Gasteiger partial charge in [0.1, 0.15) is 12.3 Å². The number of guanidine groups is 1. The molecule has 0 amide bonds. The number of nitrogens with one attached hydrogen (secondary N) is 2. The van der Waals surface area contributed by atoms with Crippen molar-refractivity contribution in [3.63, 3.8) is 0 Å². The van der Waals surface area contributed by atoms with Gasteiger partial charge in [0.25, 0.3) is 0 Å². The van der Waals surface area contributed by atoms with E-state index in [9.17, 15) is 0 Å². The van der Waals surface area contributed by atoms with Crippen LogP contribution in [0.5, 0.6) is 5.75 Å². The fraction of sp³-hybridized carbons (Fsp3) is 0.609. The van der Waals surface area contributed by atoms with Crippen LogP contribution in [0, 0.1) is 0 Å². The van der Waals surface area contributed by atoms with Crippen LogP contribution in [0.25, 0.3) is 0 Å². The molecule has 8 heteroatoms. The minimum atomic E-state index is -0.168. The second-order valence-electron chi connectivity index (χ2n) is 8.87. The van der Waals surface area contributed by atoms with E-state index in [2.05, 4.69) is 70.5 Å². The molecule has 1 unspecified atom stereocenters. The maximum atomic E-state index is 5.38. The van der Waals surface area contributed by atoms with Crippen molar-refractivity contribution in [1.29, 1.82) is 0 Å². The molecule has 1 saturated heterocycles. The zero-order valence-electron chi connectivity index (χ0n) is 19.4. The maximum absolute atomic E-state index is 5.38. The summed E-state index contributed by atoms with van der Waals surface area (Å²) in [7, 11) is 1.70. The zero-order chi connectivity index (χ0) is 22.3. The number of aliphatic imine (C=N–C) groups is 1. The van der Waals surface area contributed by atoms with Gasteiger partial charge in [0.15, 0.2) is 11.8 Å². The fourth-order valence-electron chi connectivity index (χ4n) is 3.64. The molecular weight excluding hydrogens is 392 g/mol. The van der Waals surface area contributed by atoms with E-state index in [0.29, 0.717) is 18.3 Å². The van der Waals surface area contributed by atoms with Crippen LogP contribution in [-0.4, -0.2) is 54.3 Å². The van der Waals surface area contributed by atoms with Crippen molar-refractivity contribution in [2.45, 2.75) is 58.5 Å². The third kappa shape index (κ3) is 6.43. The predicted molar refractivity (Wildman–Crippen MR) is 122 cm³/mol. The van der Waals surface area contributed by atoms with Crippen LogP contribution < -0.4 is 15.4 Å². The molecular formula is C23H36N6O2. The summed E-state index contributed by atoms with van der Waals surface area (Å²) in [6.45, 7) is 12.4. The lowest BCUT2D eigenvalue weighted by atomic mass is 9.97. The van der Waals surface area contributed by atoms with Crippen molar-refractivity contribution >= 4 is 5.96 Å².